The molecule has 0 unspecified atom stereocenters. The summed E-state index contributed by atoms with van der Waals surface area (Å²) in [7, 11) is 0. The fraction of sp³-hybridized carbons (Fsp3) is 0.474. The van der Waals surface area contributed by atoms with Crippen LogP contribution in [-0.4, -0.2) is 33.7 Å². The van der Waals surface area contributed by atoms with Gasteiger partial charge in [0.25, 0.3) is 5.91 Å². The van der Waals surface area contributed by atoms with Crippen LogP contribution in [0.4, 0.5) is 0 Å². The first-order valence-corrected chi connectivity index (χ1v) is 8.54. The first-order valence-electron chi connectivity index (χ1n) is 8.54. The molecule has 1 aliphatic rings. The molecular formula is C19H25N3O2. The van der Waals surface area contributed by atoms with E-state index in [1.54, 1.807) is 16.9 Å². The summed E-state index contributed by atoms with van der Waals surface area (Å²) in [5.41, 5.74) is 1.57. The number of benzene rings is 1. The standard InChI is InChI=1S/C19H25N3O2/c1-14-10-15(2)12-21(11-14)19(23)17-8-9-22(20-17)13-24-18-7-5-4-6-16(18)3/h4-9,14-15H,10-13H2,1-3H3/t14-,15-/m0/s1. The zero-order valence-corrected chi connectivity index (χ0v) is 14.6. The lowest BCUT2D eigenvalue weighted by Gasteiger charge is -2.34. The van der Waals surface area contributed by atoms with E-state index in [0.717, 1.165) is 24.4 Å². The molecule has 2 atom stereocenters. The third-order valence-electron chi connectivity index (χ3n) is 4.46. The van der Waals surface area contributed by atoms with Crippen LogP contribution in [0.25, 0.3) is 0 Å². The Morgan fingerprint density at radius 3 is 2.62 bits per heavy atom. The van der Waals surface area contributed by atoms with E-state index < -0.39 is 0 Å². The smallest absolute Gasteiger partial charge is 0.274 e. The molecule has 24 heavy (non-hydrogen) atoms. The van der Waals surface area contributed by atoms with Gasteiger partial charge in [-0.25, -0.2) is 4.68 Å². The SMILES string of the molecule is Cc1ccccc1OCn1ccc(C(=O)N2C[C@@H](C)C[C@H](C)C2)n1. The number of carbonyl (C=O) groups excluding carboxylic acids is 1. The van der Waals surface area contributed by atoms with E-state index in [9.17, 15) is 4.79 Å². The fourth-order valence-corrected chi connectivity index (χ4v) is 3.39. The summed E-state index contributed by atoms with van der Waals surface area (Å²) in [6.07, 6.45) is 2.98. The van der Waals surface area contributed by atoms with Crippen LogP contribution < -0.4 is 4.74 Å². The highest BCUT2D eigenvalue weighted by atomic mass is 16.5. The number of ether oxygens (including phenoxy) is 1. The first-order chi connectivity index (χ1) is 11.5. The Morgan fingerprint density at radius 2 is 1.92 bits per heavy atom. The molecule has 0 spiro atoms. The van der Waals surface area contributed by atoms with Crippen molar-refractivity contribution in [1.82, 2.24) is 14.7 Å². The van der Waals surface area contributed by atoms with E-state index in [0.29, 0.717) is 24.3 Å². The molecular weight excluding hydrogens is 302 g/mol. The molecule has 1 saturated heterocycles. The number of amides is 1. The van der Waals surface area contributed by atoms with Crippen LogP contribution in [0, 0.1) is 18.8 Å². The molecule has 1 aliphatic heterocycles. The highest BCUT2D eigenvalue weighted by Gasteiger charge is 2.27. The van der Waals surface area contributed by atoms with E-state index in [2.05, 4.69) is 18.9 Å². The van der Waals surface area contributed by atoms with Crippen molar-refractivity contribution in [2.24, 2.45) is 11.8 Å². The second-order valence-electron chi connectivity index (χ2n) is 6.94. The second-order valence-corrected chi connectivity index (χ2v) is 6.94. The van der Waals surface area contributed by atoms with Gasteiger partial charge in [0, 0.05) is 19.3 Å². The van der Waals surface area contributed by atoms with E-state index in [1.807, 2.05) is 36.1 Å². The van der Waals surface area contributed by atoms with Crippen LogP contribution >= 0.6 is 0 Å². The Labute approximate surface area is 143 Å². The van der Waals surface area contributed by atoms with Crippen molar-refractivity contribution in [2.75, 3.05) is 13.1 Å². The Hall–Kier alpha value is -2.30. The predicted octanol–water partition coefficient (Wildman–Crippen LogP) is 3.35. The Morgan fingerprint density at radius 1 is 1.21 bits per heavy atom. The van der Waals surface area contributed by atoms with Gasteiger partial charge in [0.2, 0.25) is 0 Å². The van der Waals surface area contributed by atoms with E-state index in [4.69, 9.17) is 4.74 Å². The number of hydrogen-bond acceptors (Lipinski definition) is 3. The number of nitrogens with zero attached hydrogens (tertiary/aromatic N) is 3. The van der Waals surface area contributed by atoms with E-state index in [-0.39, 0.29) is 5.91 Å². The monoisotopic (exact) mass is 327 g/mol. The van der Waals surface area contributed by atoms with Crippen molar-refractivity contribution >= 4 is 5.91 Å². The van der Waals surface area contributed by atoms with Crippen molar-refractivity contribution in [1.29, 1.82) is 0 Å². The third-order valence-corrected chi connectivity index (χ3v) is 4.46. The van der Waals surface area contributed by atoms with Crippen LogP contribution in [-0.2, 0) is 6.73 Å². The Bertz CT molecular complexity index is 700. The van der Waals surface area contributed by atoms with Crippen molar-refractivity contribution in [3.8, 4) is 5.75 Å². The molecule has 1 aromatic heterocycles. The zero-order chi connectivity index (χ0) is 17.1. The highest BCUT2D eigenvalue weighted by molar-refractivity contribution is 5.92. The molecule has 1 aromatic carbocycles. The number of rotatable bonds is 4. The first kappa shape index (κ1) is 16.6. The van der Waals surface area contributed by atoms with Gasteiger partial charge in [0.05, 0.1) is 0 Å². The summed E-state index contributed by atoms with van der Waals surface area (Å²) in [6.45, 7) is 8.33. The molecule has 2 aromatic rings. The Kier molecular flexibility index (Phi) is 4.88. The summed E-state index contributed by atoms with van der Waals surface area (Å²) >= 11 is 0. The highest BCUT2D eigenvalue weighted by Crippen LogP contribution is 2.22. The maximum absolute atomic E-state index is 12.6. The van der Waals surface area contributed by atoms with Crippen LogP contribution in [0.1, 0.15) is 36.3 Å². The molecule has 5 heteroatoms. The summed E-state index contributed by atoms with van der Waals surface area (Å²) in [5.74, 6) is 1.94. The summed E-state index contributed by atoms with van der Waals surface area (Å²) < 4.78 is 7.43. The maximum atomic E-state index is 12.6. The van der Waals surface area contributed by atoms with E-state index in [1.165, 1.54) is 6.42 Å². The average molecular weight is 327 g/mol. The van der Waals surface area contributed by atoms with Gasteiger partial charge in [-0.15, -0.1) is 0 Å². The number of aryl methyl sites for hydroxylation is 1. The Balaban J connectivity index is 1.62. The minimum atomic E-state index is 0.0167. The molecule has 0 bridgehead atoms. The quantitative estimate of drug-likeness (QED) is 0.865. The predicted molar refractivity (Wildman–Crippen MR) is 92.9 cm³/mol. The molecule has 128 valence electrons. The molecule has 0 saturated carbocycles. The minimum Gasteiger partial charge on any atom is -0.471 e. The van der Waals surface area contributed by atoms with E-state index >= 15 is 0 Å². The van der Waals surface area contributed by atoms with Crippen LogP contribution in [0.2, 0.25) is 0 Å². The maximum Gasteiger partial charge on any atom is 0.274 e. The number of likely N-dealkylation sites (tertiary alicyclic amines) is 1. The second kappa shape index (κ2) is 7.07. The van der Waals surface area contributed by atoms with Gasteiger partial charge in [-0.05, 0) is 42.9 Å². The van der Waals surface area contributed by atoms with Gasteiger partial charge in [-0.3, -0.25) is 4.79 Å². The normalized spacial score (nSPS) is 20.9. The minimum absolute atomic E-state index is 0.0167. The van der Waals surface area contributed by atoms with Crippen LogP contribution in [0.3, 0.4) is 0 Å². The lowest BCUT2D eigenvalue weighted by Crippen LogP contribution is -2.42. The largest absolute Gasteiger partial charge is 0.471 e. The summed E-state index contributed by atoms with van der Waals surface area (Å²) in [5, 5.41) is 4.38. The van der Waals surface area contributed by atoms with Crippen molar-refractivity contribution in [3.63, 3.8) is 0 Å². The number of piperidine rings is 1. The topological polar surface area (TPSA) is 47.4 Å². The van der Waals surface area contributed by atoms with Crippen LogP contribution in [0.5, 0.6) is 5.75 Å². The lowest BCUT2D eigenvalue weighted by atomic mass is 9.92. The van der Waals surface area contributed by atoms with Gasteiger partial charge in [0.15, 0.2) is 12.4 Å². The molecule has 0 N–H and O–H groups in total. The van der Waals surface area contributed by atoms with Gasteiger partial charge < -0.3 is 9.64 Å². The van der Waals surface area contributed by atoms with Gasteiger partial charge in [0.1, 0.15) is 5.75 Å². The zero-order valence-electron chi connectivity index (χ0n) is 14.6. The summed E-state index contributed by atoms with van der Waals surface area (Å²) in [4.78, 5) is 14.6. The van der Waals surface area contributed by atoms with Gasteiger partial charge in [-0.2, -0.15) is 5.10 Å². The molecule has 5 nitrogen and oxygen atoms in total. The van der Waals surface area contributed by atoms with Crippen molar-refractivity contribution in [3.05, 3.63) is 47.8 Å². The number of carbonyl (C=O) groups is 1. The number of para-hydroxylation sites is 1. The van der Waals surface area contributed by atoms with Gasteiger partial charge in [-0.1, -0.05) is 32.0 Å². The summed E-state index contributed by atoms with van der Waals surface area (Å²) in [6, 6.07) is 9.63. The molecule has 1 fully saturated rings. The molecule has 0 aliphatic carbocycles. The third kappa shape index (κ3) is 3.78. The van der Waals surface area contributed by atoms with Crippen molar-refractivity contribution in [2.45, 2.75) is 33.9 Å². The van der Waals surface area contributed by atoms with Gasteiger partial charge >= 0.3 is 0 Å². The lowest BCUT2D eigenvalue weighted by molar-refractivity contribution is 0.0615. The number of hydrogen-bond donors (Lipinski definition) is 0. The molecule has 1 amide bonds. The molecule has 3 rings (SSSR count). The average Bonchev–Trinajstić information content (AvgIpc) is 3.01. The number of aromatic nitrogens is 2. The van der Waals surface area contributed by atoms with Crippen molar-refractivity contribution < 1.29 is 9.53 Å². The van der Waals surface area contributed by atoms with Crippen LogP contribution in [0.15, 0.2) is 36.5 Å². The molecule has 0 radical (unpaired) electrons. The molecule has 2 heterocycles. The fourth-order valence-electron chi connectivity index (χ4n) is 3.39.